The Kier molecular flexibility index (Phi) is 4.09. The SMILES string of the molecule is CC(NC(=O)c1coc(COc2cccc3cnccc23)n1)C1CC1. The molecule has 3 aromatic rings. The van der Waals surface area contributed by atoms with E-state index in [0.29, 0.717) is 11.8 Å². The predicted octanol–water partition coefficient (Wildman–Crippen LogP) is 3.33. The fourth-order valence-electron chi connectivity index (χ4n) is 2.83. The Morgan fingerprint density at radius 2 is 2.28 bits per heavy atom. The molecular formula is C19H19N3O3. The van der Waals surface area contributed by atoms with Gasteiger partial charge in [0.15, 0.2) is 12.3 Å². The predicted molar refractivity (Wildman–Crippen MR) is 92.2 cm³/mol. The summed E-state index contributed by atoms with van der Waals surface area (Å²) in [5, 5.41) is 4.93. The standard InChI is InChI=1S/C19H19N3O3/c1-12(13-5-6-13)21-19(23)16-10-25-18(22-16)11-24-17-4-2-3-14-9-20-8-7-15(14)17/h2-4,7-10,12-13H,5-6,11H2,1H3,(H,21,23). The molecule has 1 amide bonds. The molecule has 2 heterocycles. The van der Waals surface area contributed by atoms with Gasteiger partial charge in [0.2, 0.25) is 5.89 Å². The molecule has 1 aromatic carbocycles. The fraction of sp³-hybridized carbons (Fsp3) is 0.316. The van der Waals surface area contributed by atoms with Crippen LogP contribution in [0.25, 0.3) is 10.8 Å². The van der Waals surface area contributed by atoms with Crippen molar-refractivity contribution in [3.63, 3.8) is 0 Å². The highest BCUT2D eigenvalue weighted by Crippen LogP contribution is 2.32. The summed E-state index contributed by atoms with van der Waals surface area (Å²) < 4.78 is 11.2. The first-order valence-corrected chi connectivity index (χ1v) is 8.41. The van der Waals surface area contributed by atoms with Gasteiger partial charge in [-0.1, -0.05) is 12.1 Å². The first-order valence-electron chi connectivity index (χ1n) is 8.41. The monoisotopic (exact) mass is 337 g/mol. The minimum atomic E-state index is -0.203. The molecule has 1 aliphatic rings. The van der Waals surface area contributed by atoms with Crippen molar-refractivity contribution in [2.24, 2.45) is 5.92 Å². The molecule has 1 fully saturated rings. The number of hydrogen-bond acceptors (Lipinski definition) is 5. The van der Waals surface area contributed by atoms with Crippen LogP contribution in [0.4, 0.5) is 0 Å². The maximum Gasteiger partial charge on any atom is 0.273 e. The molecule has 0 aliphatic heterocycles. The summed E-state index contributed by atoms with van der Waals surface area (Å²) in [6.45, 7) is 2.18. The van der Waals surface area contributed by atoms with E-state index in [1.54, 1.807) is 12.4 Å². The average molecular weight is 337 g/mol. The normalized spacial score (nSPS) is 15.1. The van der Waals surface area contributed by atoms with E-state index in [0.717, 1.165) is 16.5 Å². The topological polar surface area (TPSA) is 77.2 Å². The third-order valence-electron chi connectivity index (χ3n) is 4.46. The molecule has 6 nitrogen and oxygen atoms in total. The van der Waals surface area contributed by atoms with Gasteiger partial charge in [0.1, 0.15) is 12.0 Å². The van der Waals surface area contributed by atoms with Gasteiger partial charge in [0.25, 0.3) is 5.91 Å². The number of ether oxygens (including phenoxy) is 1. The largest absolute Gasteiger partial charge is 0.483 e. The van der Waals surface area contributed by atoms with Gasteiger partial charge in [-0.25, -0.2) is 4.98 Å². The second-order valence-corrected chi connectivity index (χ2v) is 6.37. The number of pyridine rings is 1. The molecular weight excluding hydrogens is 318 g/mol. The second kappa shape index (κ2) is 6.55. The number of nitrogens with zero attached hydrogens (tertiary/aromatic N) is 2. The van der Waals surface area contributed by atoms with E-state index in [2.05, 4.69) is 15.3 Å². The molecule has 0 saturated heterocycles. The van der Waals surface area contributed by atoms with Crippen LogP contribution in [0.1, 0.15) is 36.1 Å². The summed E-state index contributed by atoms with van der Waals surface area (Å²) in [5.74, 6) is 1.49. The Balaban J connectivity index is 1.41. The summed E-state index contributed by atoms with van der Waals surface area (Å²) in [4.78, 5) is 20.5. The van der Waals surface area contributed by atoms with Gasteiger partial charge < -0.3 is 14.5 Å². The Morgan fingerprint density at radius 3 is 3.12 bits per heavy atom. The van der Waals surface area contributed by atoms with Crippen LogP contribution in [-0.4, -0.2) is 21.9 Å². The van der Waals surface area contributed by atoms with Gasteiger partial charge in [-0.3, -0.25) is 9.78 Å². The van der Waals surface area contributed by atoms with E-state index in [4.69, 9.17) is 9.15 Å². The molecule has 1 aliphatic carbocycles. The maximum absolute atomic E-state index is 12.2. The van der Waals surface area contributed by atoms with E-state index in [-0.39, 0.29) is 24.2 Å². The molecule has 6 heteroatoms. The van der Waals surface area contributed by atoms with E-state index in [1.165, 1.54) is 19.1 Å². The first-order chi connectivity index (χ1) is 12.2. The minimum Gasteiger partial charge on any atom is -0.483 e. The van der Waals surface area contributed by atoms with Gasteiger partial charge in [0.05, 0.1) is 0 Å². The van der Waals surface area contributed by atoms with E-state index >= 15 is 0 Å². The third kappa shape index (κ3) is 3.47. The second-order valence-electron chi connectivity index (χ2n) is 6.37. The molecule has 1 atom stereocenters. The van der Waals surface area contributed by atoms with Crippen molar-refractivity contribution in [3.8, 4) is 5.75 Å². The number of aromatic nitrogens is 2. The van der Waals surface area contributed by atoms with Crippen molar-refractivity contribution in [1.29, 1.82) is 0 Å². The summed E-state index contributed by atoms with van der Waals surface area (Å²) in [6.07, 6.45) is 7.25. The molecule has 1 unspecified atom stereocenters. The molecule has 0 bridgehead atoms. The fourth-order valence-corrected chi connectivity index (χ4v) is 2.83. The van der Waals surface area contributed by atoms with Crippen molar-refractivity contribution in [3.05, 3.63) is 54.5 Å². The highest BCUT2D eigenvalue weighted by Gasteiger charge is 2.29. The Hall–Kier alpha value is -2.89. The molecule has 2 aromatic heterocycles. The summed E-state index contributed by atoms with van der Waals surface area (Å²) in [6, 6.07) is 7.85. The zero-order valence-electron chi connectivity index (χ0n) is 13.9. The molecule has 1 saturated carbocycles. The lowest BCUT2D eigenvalue weighted by molar-refractivity contribution is 0.0930. The summed E-state index contributed by atoms with van der Waals surface area (Å²) >= 11 is 0. The lowest BCUT2D eigenvalue weighted by atomic mass is 10.1. The van der Waals surface area contributed by atoms with Crippen LogP contribution in [-0.2, 0) is 6.61 Å². The Morgan fingerprint density at radius 1 is 1.40 bits per heavy atom. The zero-order chi connectivity index (χ0) is 17.2. The summed E-state index contributed by atoms with van der Waals surface area (Å²) in [7, 11) is 0. The lowest BCUT2D eigenvalue weighted by Gasteiger charge is -2.10. The number of benzene rings is 1. The molecule has 4 rings (SSSR count). The van der Waals surface area contributed by atoms with E-state index < -0.39 is 0 Å². The molecule has 1 N–H and O–H groups in total. The summed E-state index contributed by atoms with van der Waals surface area (Å²) in [5.41, 5.74) is 0.285. The van der Waals surface area contributed by atoms with Crippen LogP contribution in [0, 0.1) is 5.92 Å². The number of carbonyl (C=O) groups is 1. The van der Waals surface area contributed by atoms with Crippen LogP contribution < -0.4 is 10.1 Å². The van der Waals surface area contributed by atoms with Crippen LogP contribution >= 0.6 is 0 Å². The Labute approximate surface area is 145 Å². The Bertz CT molecular complexity index is 896. The van der Waals surface area contributed by atoms with Crippen LogP contribution in [0.2, 0.25) is 0 Å². The highest BCUT2D eigenvalue weighted by atomic mass is 16.5. The van der Waals surface area contributed by atoms with Gasteiger partial charge in [-0.2, -0.15) is 0 Å². The number of rotatable bonds is 6. The van der Waals surface area contributed by atoms with Crippen LogP contribution in [0.5, 0.6) is 5.75 Å². The minimum absolute atomic E-state index is 0.160. The quantitative estimate of drug-likeness (QED) is 0.746. The van der Waals surface area contributed by atoms with E-state index in [9.17, 15) is 4.79 Å². The van der Waals surface area contributed by atoms with Crippen molar-refractivity contribution >= 4 is 16.7 Å². The molecule has 0 spiro atoms. The van der Waals surface area contributed by atoms with Crippen LogP contribution in [0.3, 0.4) is 0 Å². The number of amides is 1. The van der Waals surface area contributed by atoms with Crippen molar-refractivity contribution in [2.45, 2.75) is 32.4 Å². The van der Waals surface area contributed by atoms with Crippen molar-refractivity contribution in [2.75, 3.05) is 0 Å². The molecule has 128 valence electrons. The van der Waals surface area contributed by atoms with E-state index in [1.807, 2.05) is 31.2 Å². The number of fused-ring (bicyclic) bond motifs is 1. The number of oxazole rings is 1. The molecule has 25 heavy (non-hydrogen) atoms. The number of hydrogen-bond donors (Lipinski definition) is 1. The highest BCUT2D eigenvalue weighted by molar-refractivity contribution is 5.92. The number of carbonyl (C=O) groups excluding carboxylic acids is 1. The van der Waals surface area contributed by atoms with Gasteiger partial charge in [-0.05, 0) is 37.8 Å². The van der Waals surface area contributed by atoms with Gasteiger partial charge in [0, 0.05) is 29.2 Å². The first kappa shape index (κ1) is 15.6. The van der Waals surface area contributed by atoms with Crippen molar-refractivity contribution < 1.29 is 13.9 Å². The van der Waals surface area contributed by atoms with Crippen molar-refractivity contribution in [1.82, 2.24) is 15.3 Å². The van der Waals surface area contributed by atoms with Gasteiger partial charge >= 0.3 is 0 Å². The average Bonchev–Trinajstić information content (AvgIpc) is 3.38. The van der Waals surface area contributed by atoms with Crippen LogP contribution in [0.15, 0.2) is 47.3 Å². The third-order valence-corrected chi connectivity index (χ3v) is 4.46. The molecule has 0 radical (unpaired) electrons. The van der Waals surface area contributed by atoms with Gasteiger partial charge in [-0.15, -0.1) is 0 Å². The zero-order valence-corrected chi connectivity index (χ0v) is 13.9. The number of nitrogens with one attached hydrogen (secondary N) is 1. The smallest absolute Gasteiger partial charge is 0.273 e. The maximum atomic E-state index is 12.2. The lowest BCUT2D eigenvalue weighted by Crippen LogP contribution is -2.34.